The lowest BCUT2D eigenvalue weighted by atomic mass is 10.1. The van der Waals surface area contributed by atoms with E-state index in [1.165, 1.54) is 0 Å². The maximum atomic E-state index is 11.5. The van der Waals surface area contributed by atoms with Crippen LogP contribution in [0, 0.1) is 5.92 Å². The summed E-state index contributed by atoms with van der Waals surface area (Å²) in [6, 6.07) is 8.10. The number of carbonyl (C=O) groups is 1. The zero-order valence-electron chi connectivity index (χ0n) is 9.57. The molecule has 0 bridgehead atoms. The summed E-state index contributed by atoms with van der Waals surface area (Å²) in [5.74, 6) is 0.461. The van der Waals surface area contributed by atoms with Gasteiger partial charge in [-0.15, -0.1) is 0 Å². The number of amides is 1. The summed E-state index contributed by atoms with van der Waals surface area (Å²) in [6.07, 6.45) is 2.09. The van der Waals surface area contributed by atoms with Crippen molar-refractivity contribution in [3.8, 4) is 0 Å². The van der Waals surface area contributed by atoms with Gasteiger partial charge in [-0.2, -0.15) is 0 Å². The predicted octanol–water partition coefficient (Wildman–Crippen LogP) is 1.73. The van der Waals surface area contributed by atoms with E-state index in [-0.39, 0.29) is 17.9 Å². The zero-order chi connectivity index (χ0) is 11.5. The van der Waals surface area contributed by atoms with Crippen LogP contribution in [0.15, 0.2) is 24.3 Å². The second kappa shape index (κ2) is 4.66. The third-order valence-corrected chi connectivity index (χ3v) is 2.89. The summed E-state index contributed by atoms with van der Waals surface area (Å²) in [5, 5.41) is 2.95. The average molecular weight is 218 g/mol. The molecule has 1 aromatic rings. The van der Waals surface area contributed by atoms with Crippen molar-refractivity contribution in [3.63, 3.8) is 0 Å². The molecule has 0 aromatic heterocycles. The Hall–Kier alpha value is -1.35. The van der Waals surface area contributed by atoms with Crippen LogP contribution >= 0.6 is 0 Å². The second-order valence-electron chi connectivity index (χ2n) is 4.53. The molecule has 0 heterocycles. The molecule has 86 valence electrons. The van der Waals surface area contributed by atoms with Crippen molar-refractivity contribution in [3.05, 3.63) is 35.4 Å². The normalized spacial score (nSPS) is 16.9. The number of carbonyl (C=O) groups excluding carboxylic acids is 1. The molecule has 0 aliphatic heterocycles. The minimum absolute atomic E-state index is 0.0408. The molecule has 1 unspecified atom stereocenters. The van der Waals surface area contributed by atoms with E-state index in [1.807, 2.05) is 25.1 Å². The summed E-state index contributed by atoms with van der Waals surface area (Å²) in [7, 11) is 0. The lowest BCUT2D eigenvalue weighted by Crippen LogP contribution is -2.24. The summed E-state index contributed by atoms with van der Waals surface area (Å²) in [4.78, 5) is 11.5. The average Bonchev–Trinajstić information content (AvgIpc) is 3.10. The molecular weight excluding hydrogens is 200 g/mol. The molecule has 2 rings (SSSR count). The van der Waals surface area contributed by atoms with Gasteiger partial charge in [-0.05, 0) is 30.9 Å². The van der Waals surface area contributed by atoms with Crippen LogP contribution in [0.25, 0.3) is 0 Å². The first-order valence-electron chi connectivity index (χ1n) is 5.79. The molecule has 3 nitrogen and oxygen atoms in total. The van der Waals surface area contributed by atoms with Crippen molar-refractivity contribution in [2.75, 3.05) is 0 Å². The van der Waals surface area contributed by atoms with E-state index in [2.05, 4.69) is 11.4 Å². The van der Waals surface area contributed by atoms with Crippen LogP contribution in [0.2, 0.25) is 0 Å². The first-order chi connectivity index (χ1) is 7.66. The Morgan fingerprint density at radius 3 is 2.94 bits per heavy atom. The SMILES string of the molecule is CC(N)c1cccc(CNC(=O)C2CC2)c1. The molecule has 0 radical (unpaired) electrons. The summed E-state index contributed by atoms with van der Waals surface area (Å²) in [5.41, 5.74) is 8.03. The fraction of sp³-hybridized carbons (Fsp3) is 0.462. The molecule has 1 aliphatic rings. The van der Waals surface area contributed by atoms with Crippen LogP contribution in [-0.4, -0.2) is 5.91 Å². The highest BCUT2D eigenvalue weighted by atomic mass is 16.2. The van der Waals surface area contributed by atoms with Crippen molar-refractivity contribution in [1.29, 1.82) is 0 Å². The molecule has 16 heavy (non-hydrogen) atoms. The van der Waals surface area contributed by atoms with Crippen molar-refractivity contribution in [2.45, 2.75) is 32.4 Å². The van der Waals surface area contributed by atoms with Crippen molar-refractivity contribution >= 4 is 5.91 Å². The number of rotatable bonds is 4. The van der Waals surface area contributed by atoms with Crippen molar-refractivity contribution < 1.29 is 4.79 Å². The van der Waals surface area contributed by atoms with Gasteiger partial charge in [-0.1, -0.05) is 24.3 Å². The molecule has 1 aliphatic carbocycles. The van der Waals surface area contributed by atoms with E-state index in [0.29, 0.717) is 6.54 Å². The molecule has 3 heteroatoms. The minimum atomic E-state index is 0.0408. The van der Waals surface area contributed by atoms with E-state index in [9.17, 15) is 4.79 Å². The van der Waals surface area contributed by atoms with E-state index in [4.69, 9.17) is 5.73 Å². The third-order valence-electron chi connectivity index (χ3n) is 2.89. The summed E-state index contributed by atoms with van der Waals surface area (Å²) < 4.78 is 0. The number of hydrogen-bond donors (Lipinski definition) is 2. The number of nitrogens with two attached hydrogens (primary N) is 1. The molecule has 1 fully saturated rings. The van der Waals surface area contributed by atoms with Gasteiger partial charge in [-0.3, -0.25) is 4.79 Å². The quantitative estimate of drug-likeness (QED) is 0.808. The fourth-order valence-electron chi connectivity index (χ4n) is 1.67. The standard InChI is InChI=1S/C13H18N2O/c1-9(14)12-4-2-3-10(7-12)8-15-13(16)11-5-6-11/h2-4,7,9,11H,5-6,8,14H2,1H3,(H,15,16). The topological polar surface area (TPSA) is 55.1 Å². The zero-order valence-corrected chi connectivity index (χ0v) is 9.57. The number of nitrogens with one attached hydrogen (secondary N) is 1. The van der Waals surface area contributed by atoms with Gasteiger partial charge >= 0.3 is 0 Å². The third kappa shape index (κ3) is 2.83. The molecule has 1 saturated carbocycles. The molecule has 3 N–H and O–H groups in total. The van der Waals surface area contributed by atoms with E-state index in [1.54, 1.807) is 0 Å². The Morgan fingerprint density at radius 2 is 2.31 bits per heavy atom. The van der Waals surface area contributed by atoms with Gasteiger partial charge in [0.1, 0.15) is 0 Å². The van der Waals surface area contributed by atoms with Gasteiger partial charge in [-0.25, -0.2) is 0 Å². The van der Waals surface area contributed by atoms with Crippen LogP contribution < -0.4 is 11.1 Å². The van der Waals surface area contributed by atoms with Crippen molar-refractivity contribution in [1.82, 2.24) is 5.32 Å². The van der Waals surface area contributed by atoms with Gasteiger partial charge in [0, 0.05) is 18.5 Å². The van der Waals surface area contributed by atoms with Gasteiger partial charge in [0.05, 0.1) is 0 Å². The van der Waals surface area contributed by atoms with Crippen LogP contribution in [0.5, 0.6) is 0 Å². The smallest absolute Gasteiger partial charge is 0.223 e. The van der Waals surface area contributed by atoms with E-state index in [0.717, 1.165) is 24.0 Å². The van der Waals surface area contributed by atoms with Gasteiger partial charge in [0.2, 0.25) is 5.91 Å². The molecule has 0 spiro atoms. The number of benzene rings is 1. The van der Waals surface area contributed by atoms with E-state index >= 15 is 0 Å². The summed E-state index contributed by atoms with van der Waals surface area (Å²) in [6.45, 7) is 2.57. The molecular formula is C13H18N2O. The monoisotopic (exact) mass is 218 g/mol. The Morgan fingerprint density at radius 1 is 1.56 bits per heavy atom. The molecule has 1 atom stereocenters. The Balaban J connectivity index is 1.92. The van der Waals surface area contributed by atoms with Gasteiger partial charge < -0.3 is 11.1 Å². The second-order valence-corrected chi connectivity index (χ2v) is 4.53. The first-order valence-corrected chi connectivity index (χ1v) is 5.79. The molecule has 0 saturated heterocycles. The van der Waals surface area contributed by atoms with Gasteiger partial charge in [0.25, 0.3) is 0 Å². The Kier molecular flexibility index (Phi) is 3.25. The Labute approximate surface area is 96.0 Å². The van der Waals surface area contributed by atoms with Crippen molar-refractivity contribution in [2.24, 2.45) is 11.7 Å². The largest absolute Gasteiger partial charge is 0.352 e. The summed E-state index contributed by atoms with van der Waals surface area (Å²) >= 11 is 0. The highest BCUT2D eigenvalue weighted by Crippen LogP contribution is 2.28. The maximum Gasteiger partial charge on any atom is 0.223 e. The highest BCUT2D eigenvalue weighted by molar-refractivity contribution is 5.80. The number of hydrogen-bond acceptors (Lipinski definition) is 2. The lowest BCUT2D eigenvalue weighted by molar-refractivity contribution is -0.122. The van der Waals surface area contributed by atoms with Crippen LogP contribution in [0.3, 0.4) is 0 Å². The van der Waals surface area contributed by atoms with Crippen LogP contribution in [-0.2, 0) is 11.3 Å². The lowest BCUT2D eigenvalue weighted by Gasteiger charge is -2.09. The molecule has 1 amide bonds. The minimum Gasteiger partial charge on any atom is -0.352 e. The predicted molar refractivity (Wildman–Crippen MR) is 63.6 cm³/mol. The highest BCUT2D eigenvalue weighted by Gasteiger charge is 2.29. The Bertz CT molecular complexity index is 383. The fourth-order valence-corrected chi connectivity index (χ4v) is 1.67. The molecule has 1 aromatic carbocycles. The maximum absolute atomic E-state index is 11.5. The van der Waals surface area contributed by atoms with Gasteiger partial charge in [0.15, 0.2) is 0 Å². The van der Waals surface area contributed by atoms with E-state index < -0.39 is 0 Å². The first kappa shape index (κ1) is 11.1. The van der Waals surface area contributed by atoms with Crippen LogP contribution in [0.4, 0.5) is 0 Å². The van der Waals surface area contributed by atoms with Crippen LogP contribution in [0.1, 0.15) is 36.9 Å².